The number of fused-ring (bicyclic) bond motifs is 1. The number of ether oxygens (including phenoxy) is 1. The van der Waals surface area contributed by atoms with Crippen LogP contribution in [-0.2, 0) is 22.4 Å². The minimum atomic E-state index is -0.338. The Morgan fingerprint density at radius 3 is 2.61 bits per heavy atom. The third-order valence-corrected chi connectivity index (χ3v) is 5.86. The maximum absolute atomic E-state index is 13.2. The van der Waals surface area contributed by atoms with Crippen LogP contribution in [0.25, 0.3) is 33.5 Å². The fourth-order valence-electron chi connectivity index (χ4n) is 4.16. The van der Waals surface area contributed by atoms with Gasteiger partial charge in [0.05, 0.1) is 41.0 Å². The second kappa shape index (κ2) is 10.5. The van der Waals surface area contributed by atoms with Gasteiger partial charge in [0.1, 0.15) is 11.6 Å². The van der Waals surface area contributed by atoms with E-state index in [0.717, 1.165) is 45.5 Å². The molecule has 36 heavy (non-hydrogen) atoms. The summed E-state index contributed by atoms with van der Waals surface area (Å²) in [7, 11) is 1.68. The van der Waals surface area contributed by atoms with Crippen LogP contribution in [0.15, 0.2) is 79.3 Å². The lowest BCUT2D eigenvalue weighted by atomic mass is 10.0. The normalized spacial score (nSPS) is 11.1. The van der Waals surface area contributed by atoms with E-state index in [1.807, 2.05) is 36.4 Å². The van der Waals surface area contributed by atoms with E-state index >= 15 is 0 Å². The highest BCUT2D eigenvalue weighted by molar-refractivity contribution is 6.02. The molecule has 0 aliphatic carbocycles. The van der Waals surface area contributed by atoms with Crippen LogP contribution < -0.4 is 5.32 Å². The Balaban J connectivity index is 1.52. The van der Waals surface area contributed by atoms with Crippen molar-refractivity contribution in [2.75, 3.05) is 19.0 Å². The molecule has 2 N–H and O–H groups in total. The number of H-pyrrole nitrogens is 1. The summed E-state index contributed by atoms with van der Waals surface area (Å²) in [4.78, 5) is 29.7. The Kier molecular flexibility index (Phi) is 6.77. The number of carbonyl (C=O) groups is 1. The quantitative estimate of drug-likeness (QED) is 0.318. The molecule has 0 aliphatic heterocycles. The van der Waals surface area contributed by atoms with Crippen LogP contribution in [0.5, 0.6) is 0 Å². The first-order chi connectivity index (χ1) is 17.6. The molecule has 0 radical (unpaired) electrons. The standard InChI is InChI=1S/C28H24FN5O2/c1-36-15-11-19-9-14-32-28-25(22-4-2-3-12-30-22)26(34-27(19)28)20-10-13-31-23(17-20)33-24(35)16-18-5-7-21(29)8-6-18/h2-10,12-14,17,34H,11,15-16H2,1H3,(H,31,33,35). The predicted molar refractivity (Wildman–Crippen MR) is 137 cm³/mol. The lowest BCUT2D eigenvalue weighted by Gasteiger charge is -2.08. The van der Waals surface area contributed by atoms with Crippen LogP contribution in [0, 0.1) is 5.82 Å². The highest BCUT2D eigenvalue weighted by Crippen LogP contribution is 2.37. The van der Waals surface area contributed by atoms with Gasteiger partial charge in [-0.1, -0.05) is 18.2 Å². The molecule has 5 rings (SSSR count). The van der Waals surface area contributed by atoms with Gasteiger partial charge >= 0.3 is 0 Å². The van der Waals surface area contributed by atoms with Gasteiger partial charge in [-0.3, -0.25) is 14.8 Å². The first kappa shape index (κ1) is 23.3. The highest BCUT2D eigenvalue weighted by atomic mass is 19.1. The number of nitrogens with one attached hydrogen (secondary N) is 2. The molecule has 0 bridgehead atoms. The van der Waals surface area contributed by atoms with E-state index in [1.54, 1.807) is 37.8 Å². The van der Waals surface area contributed by atoms with Crippen molar-refractivity contribution in [1.29, 1.82) is 0 Å². The summed E-state index contributed by atoms with van der Waals surface area (Å²) in [5, 5.41) is 2.84. The van der Waals surface area contributed by atoms with Gasteiger partial charge in [0.2, 0.25) is 5.91 Å². The molecule has 0 atom stereocenters. The summed E-state index contributed by atoms with van der Waals surface area (Å²) in [5.74, 6) is -0.162. The first-order valence-electron chi connectivity index (χ1n) is 11.5. The Morgan fingerprint density at radius 1 is 1.00 bits per heavy atom. The van der Waals surface area contributed by atoms with Crippen LogP contribution >= 0.6 is 0 Å². The van der Waals surface area contributed by atoms with Gasteiger partial charge in [-0.15, -0.1) is 0 Å². The Bertz CT molecular complexity index is 1500. The number of pyridine rings is 3. The average molecular weight is 482 g/mol. The number of amides is 1. The Hall–Kier alpha value is -4.43. The molecule has 0 saturated carbocycles. The van der Waals surface area contributed by atoms with Crippen molar-refractivity contribution in [1.82, 2.24) is 19.9 Å². The summed E-state index contributed by atoms with van der Waals surface area (Å²) >= 11 is 0. The molecule has 4 heterocycles. The summed E-state index contributed by atoms with van der Waals surface area (Å²) in [6, 6.07) is 17.3. The smallest absolute Gasteiger partial charge is 0.229 e. The van der Waals surface area contributed by atoms with E-state index in [9.17, 15) is 9.18 Å². The molecule has 0 aliphatic rings. The molecular formula is C28H24FN5O2. The van der Waals surface area contributed by atoms with Gasteiger partial charge in [-0.25, -0.2) is 9.37 Å². The van der Waals surface area contributed by atoms with Crippen molar-refractivity contribution in [3.8, 4) is 22.5 Å². The van der Waals surface area contributed by atoms with Gasteiger partial charge in [-0.05, 0) is 60.0 Å². The largest absolute Gasteiger partial charge is 0.384 e. The molecule has 0 spiro atoms. The van der Waals surface area contributed by atoms with Crippen LogP contribution in [0.3, 0.4) is 0 Å². The Morgan fingerprint density at radius 2 is 1.83 bits per heavy atom. The minimum absolute atomic E-state index is 0.116. The van der Waals surface area contributed by atoms with E-state index in [-0.39, 0.29) is 18.1 Å². The number of hydrogen-bond donors (Lipinski definition) is 2. The number of aromatic amines is 1. The molecule has 8 heteroatoms. The average Bonchev–Trinajstić information content (AvgIpc) is 3.30. The van der Waals surface area contributed by atoms with Crippen molar-refractivity contribution >= 4 is 22.8 Å². The molecule has 180 valence electrons. The molecule has 4 aromatic heterocycles. The number of hydrogen-bond acceptors (Lipinski definition) is 5. The molecule has 0 unspecified atom stereocenters. The second-order valence-electron chi connectivity index (χ2n) is 8.31. The third-order valence-electron chi connectivity index (χ3n) is 5.86. The number of anilines is 1. The van der Waals surface area contributed by atoms with Crippen molar-refractivity contribution in [2.24, 2.45) is 0 Å². The van der Waals surface area contributed by atoms with Gasteiger partial charge in [0.15, 0.2) is 0 Å². The highest BCUT2D eigenvalue weighted by Gasteiger charge is 2.19. The van der Waals surface area contributed by atoms with E-state index in [0.29, 0.717) is 18.0 Å². The lowest BCUT2D eigenvalue weighted by molar-refractivity contribution is -0.115. The van der Waals surface area contributed by atoms with Crippen molar-refractivity contribution in [2.45, 2.75) is 12.8 Å². The van der Waals surface area contributed by atoms with Crippen LogP contribution in [0.4, 0.5) is 10.2 Å². The second-order valence-corrected chi connectivity index (χ2v) is 8.31. The lowest BCUT2D eigenvalue weighted by Crippen LogP contribution is -2.15. The predicted octanol–water partition coefficient (Wildman–Crippen LogP) is 5.20. The molecule has 7 nitrogen and oxygen atoms in total. The molecule has 0 fully saturated rings. The van der Waals surface area contributed by atoms with Crippen LogP contribution in [-0.4, -0.2) is 39.6 Å². The van der Waals surface area contributed by atoms with Gasteiger partial charge in [0.25, 0.3) is 0 Å². The van der Waals surface area contributed by atoms with Crippen molar-refractivity contribution in [3.63, 3.8) is 0 Å². The SMILES string of the molecule is COCCc1ccnc2c(-c3ccccn3)c(-c3ccnc(NC(=O)Cc4ccc(F)cc4)c3)[nH]c12. The zero-order valence-electron chi connectivity index (χ0n) is 19.7. The van der Waals surface area contributed by atoms with Crippen LogP contribution in [0.2, 0.25) is 0 Å². The van der Waals surface area contributed by atoms with Gasteiger partial charge in [-0.2, -0.15) is 0 Å². The molecular weight excluding hydrogens is 457 g/mol. The van der Waals surface area contributed by atoms with Crippen molar-refractivity contribution < 1.29 is 13.9 Å². The zero-order valence-corrected chi connectivity index (χ0v) is 19.7. The number of benzene rings is 1. The maximum Gasteiger partial charge on any atom is 0.229 e. The van der Waals surface area contributed by atoms with E-state index in [4.69, 9.17) is 4.74 Å². The summed E-state index contributed by atoms with van der Waals surface area (Å²) < 4.78 is 18.5. The number of rotatable bonds is 8. The van der Waals surface area contributed by atoms with Gasteiger partial charge in [0, 0.05) is 31.3 Å². The zero-order chi connectivity index (χ0) is 24.9. The van der Waals surface area contributed by atoms with E-state index < -0.39 is 0 Å². The summed E-state index contributed by atoms with van der Waals surface area (Å²) in [5.41, 5.74) is 6.87. The fourth-order valence-corrected chi connectivity index (χ4v) is 4.16. The van der Waals surface area contributed by atoms with Gasteiger partial charge < -0.3 is 15.0 Å². The fraction of sp³-hybridized carbons (Fsp3) is 0.143. The third kappa shape index (κ3) is 4.99. The monoisotopic (exact) mass is 481 g/mol. The summed E-state index contributed by atoms with van der Waals surface area (Å²) in [6.45, 7) is 0.589. The number of nitrogens with zero attached hydrogens (tertiary/aromatic N) is 3. The minimum Gasteiger partial charge on any atom is -0.384 e. The first-order valence-corrected chi connectivity index (χ1v) is 11.5. The molecule has 5 aromatic rings. The van der Waals surface area contributed by atoms with E-state index in [1.165, 1.54) is 12.1 Å². The topological polar surface area (TPSA) is 92.8 Å². The van der Waals surface area contributed by atoms with E-state index in [2.05, 4.69) is 25.3 Å². The van der Waals surface area contributed by atoms with Crippen LogP contribution in [0.1, 0.15) is 11.1 Å². The Labute approximate surface area is 207 Å². The number of carbonyl (C=O) groups excluding carboxylic acids is 1. The number of halogens is 1. The maximum atomic E-state index is 13.2. The summed E-state index contributed by atoms with van der Waals surface area (Å²) in [6.07, 6.45) is 6.05. The number of aromatic nitrogens is 4. The molecule has 1 aromatic carbocycles. The van der Waals surface area contributed by atoms with Crippen molar-refractivity contribution in [3.05, 3.63) is 96.2 Å². The molecule has 0 saturated heterocycles. The molecule has 1 amide bonds. The number of methoxy groups -OCH3 is 1.